The molecule has 2 heterocycles. The Morgan fingerprint density at radius 2 is 1.79 bits per heavy atom. The molecule has 28 heavy (non-hydrogen) atoms. The number of fused-ring (bicyclic) bond motifs is 2. The Morgan fingerprint density at radius 3 is 2.64 bits per heavy atom. The average molecular weight is 376 g/mol. The van der Waals surface area contributed by atoms with Gasteiger partial charge in [0.15, 0.2) is 11.5 Å². The van der Waals surface area contributed by atoms with Crippen LogP contribution in [-0.2, 0) is 6.54 Å². The monoisotopic (exact) mass is 376 g/mol. The van der Waals surface area contributed by atoms with Crippen LogP contribution in [0.15, 0.2) is 66.7 Å². The molecule has 0 aromatic heterocycles. The topological polar surface area (TPSA) is 50.8 Å². The smallest absolute Gasteiger partial charge is 0.258 e. The molecular formula is C22H17FN2O3. The Labute approximate surface area is 161 Å². The van der Waals surface area contributed by atoms with Gasteiger partial charge in [0.25, 0.3) is 5.91 Å². The van der Waals surface area contributed by atoms with Crippen LogP contribution in [-0.4, -0.2) is 17.6 Å². The number of carbonyl (C=O) groups excluding carboxylic acids is 1. The molecule has 0 saturated carbocycles. The van der Waals surface area contributed by atoms with Gasteiger partial charge in [0, 0.05) is 12.2 Å². The summed E-state index contributed by atoms with van der Waals surface area (Å²) in [5.74, 6) is 0.982. The van der Waals surface area contributed by atoms with Crippen molar-refractivity contribution in [3.05, 3.63) is 89.2 Å². The van der Waals surface area contributed by atoms with Crippen LogP contribution in [0.1, 0.15) is 27.7 Å². The molecule has 0 fully saturated rings. The van der Waals surface area contributed by atoms with Gasteiger partial charge in [0.05, 0.1) is 5.56 Å². The molecule has 1 amide bonds. The Morgan fingerprint density at radius 1 is 1.00 bits per heavy atom. The first kappa shape index (κ1) is 16.6. The molecule has 5 rings (SSSR count). The fraction of sp³-hybridized carbons (Fsp3) is 0.136. The number of rotatable bonds is 3. The van der Waals surface area contributed by atoms with E-state index < -0.39 is 6.17 Å². The van der Waals surface area contributed by atoms with E-state index in [0.29, 0.717) is 23.6 Å². The first-order chi connectivity index (χ1) is 13.7. The van der Waals surface area contributed by atoms with Crippen LogP contribution < -0.4 is 14.8 Å². The SMILES string of the molecule is O=C1c2ccccc2NC(c2ccc(F)cc2)N1Cc1ccc2c(c1)OCO2. The lowest BCUT2D eigenvalue weighted by molar-refractivity contribution is 0.0666. The first-order valence-electron chi connectivity index (χ1n) is 8.99. The molecule has 1 N–H and O–H groups in total. The minimum atomic E-state index is -0.409. The maximum atomic E-state index is 13.4. The van der Waals surface area contributed by atoms with Crippen LogP contribution in [0.25, 0.3) is 0 Å². The number of para-hydroxylation sites is 1. The molecule has 3 aromatic rings. The lowest BCUT2D eigenvalue weighted by Gasteiger charge is -2.38. The molecular weight excluding hydrogens is 359 g/mol. The number of anilines is 1. The van der Waals surface area contributed by atoms with Gasteiger partial charge in [-0.3, -0.25) is 4.79 Å². The van der Waals surface area contributed by atoms with Crippen LogP contribution in [0, 0.1) is 5.82 Å². The molecule has 140 valence electrons. The molecule has 2 aliphatic heterocycles. The van der Waals surface area contributed by atoms with Crippen LogP contribution in [0.2, 0.25) is 0 Å². The average Bonchev–Trinajstić information content (AvgIpc) is 3.18. The van der Waals surface area contributed by atoms with Crippen molar-refractivity contribution in [3.8, 4) is 11.5 Å². The number of ether oxygens (including phenoxy) is 2. The van der Waals surface area contributed by atoms with Crippen LogP contribution in [0.4, 0.5) is 10.1 Å². The first-order valence-corrected chi connectivity index (χ1v) is 8.99. The Hall–Kier alpha value is -3.54. The third-order valence-corrected chi connectivity index (χ3v) is 5.00. The third-order valence-electron chi connectivity index (χ3n) is 5.00. The summed E-state index contributed by atoms with van der Waals surface area (Å²) in [5.41, 5.74) is 3.11. The molecule has 3 aromatic carbocycles. The fourth-order valence-electron chi connectivity index (χ4n) is 3.60. The summed E-state index contributed by atoms with van der Waals surface area (Å²) in [6.45, 7) is 0.577. The zero-order valence-corrected chi connectivity index (χ0v) is 14.9. The van der Waals surface area contributed by atoms with Crippen molar-refractivity contribution >= 4 is 11.6 Å². The van der Waals surface area contributed by atoms with Crippen molar-refractivity contribution in [2.45, 2.75) is 12.7 Å². The molecule has 6 heteroatoms. The number of halogens is 1. The molecule has 0 spiro atoms. The fourth-order valence-corrected chi connectivity index (χ4v) is 3.60. The van der Waals surface area contributed by atoms with Gasteiger partial charge in [-0.15, -0.1) is 0 Å². The minimum Gasteiger partial charge on any atom is -0.454 e. The predicted octanol–water partition coefficient (Wildman–Crippen LogP) is 4.32. The zero-order chi connectivity index (χ0) is 19.1. The van der Waals surface area contributed by atoms with E-state index >= 15 is 0 Å². The largest absolute Gasteiger partial charge is 0.454 e. The number of benzene rings is 3. The highest BCUT2D eigenvalue weighted by atomic mass is 19.1. The van der Waals surface area contributed by atoms with Crippen LogP contribution >= 0.6 is 0 Å². The second-order valence-electron chi connectivity index (χ2n) is 6.76. The van der Waals surface area contributed by atoms with Crippen molar-refractivity contribution in [2.24, 2.45) is 0 Å². The molecule has 0 bridgehead atoms. The van der Waals surface area contributed by atoms with Gasteiger partial charge in [-0.1, -0.05) is 30.3 Å². The van der Waals surface area contributed by atoms with E-state index in [1.54, 1.807) is 23.1 Å². The Balaban J connectivity index is 1.53. The number of nitrogens with one attached hydrogen (secondary N) is 1. The summed E-state index contributed by atoms with van der Waals surface area (Å²) >= 11 is 0. The van der Waals surface area contributed by atoms with E-state index in [1.807, 2.05) is 36.4 Å². The second kappa shape index (κ2) is 6.56. The third kappa shape index (κ3) is 2.83. The van der Waals surface area contributed by atoms with Gasteiger partial charge in [-0.2, -0.15) is 0 Å². The lowest BCUT2D eigenvalue weighted by atomic mass is 10.0. The number of hydrogen-bond acceptors (Lipinski definition) is 4. The van der Waals surface area contributed by atoms with Gasteiger partial charge in [-0.25, -0.2) is 4.39 Å². The van der Waals surface area contributed by atoms with Crippen LogP contribution in [0.5, 0.6) is 11.5 Å². The highest BCUT2D eigenvalue weighted by Gasteiger charge is 2.33. The van der Waals surface area contributed by atoms with E-state index in [0.717, 1.165) is 16.8 Å². The summed E-state index contributed by atoms with van der Waals surface area (Å²) < 4.78 is 24.2. The van der Waals surface area contributed by atoms with Crippen LogP contribution in [0.3, 0.4) is 0 Å². The Bertz CT molecular complexity index is 1050. The molecule has 1 unspecified atom stereocenters. The van der Waals surface area contributed by atoms with Gasteiger partial charge >= 0.3 is 0 Å². The van der Waals surface area contributed by atoms with Crippen molar-refractivity contribution in [1.29, 1.82) is 0 Å². The van der Waals surface area contributed by atoms with Gasteiger partial charge < -0.3 is 19.7 Å². The van der Waals surface area contributed by atoms with E-state index in [2.05, 4.69) is 5.32 Å². The van der Waals surface area contributed by atoms with Gasteiger partial charge in [-0.05, 0) is 47.5 Å². The summed E-state index contributed by atoms with van der Waals surface area (Å²) in [6.07, 6.45) is -0.409. The van der Waals surface area contributed by atoms with Gasteiger partial charge in [0.2, 0.25) is 6.79 Å². The highest BCUT2D eigenvalue weighted by Crippen LogP contribution is 2.36. The number of carbonyl (C=O) groups is 1. The number of amides is 1. The summed E-state index contributed by atoms with van der Waals surface area (Å²) in [4.78, 5) is 15.0. The number of nitrogens with zero attached hydrogens (tertiary/aromatic N) is 1. The van der Waals surface area contributed by atoms with Crippen molar-refractivity contribution in [3.63, 3.8) is 0 Å². The highest BCUT2D eigenvalue weighted by molar-refractivity contribution is 6.01. The molecule has 0 saturated heterocycles. The van der Waals surface area contributed by atoms with Gasteiger partial charge in [0.1, 0.15) is 12.0 Å². The van der Waals surface area contributed by atoms with Crippen molar-refractivity contribution in [2.75, 3.05) is 12.1 Å². The molecule has 1 atom stereocenters. The maximum Gasteiger partial charge on any atom is 0.258 e. The predicted molar refractivity (Wildman–Crippen MR) is 102 cm³/mol. The zero-order valence-electron chi connectivity index (χ0n) is 14.9. The van der Waals surface area contributed by atoms with E-state index in [4.69, 9.17) is 9.47 Å². The van der Waals surface area contributed by atoms with Crippen molar-refractivity contribution < 1.29 is 18.7 Å². The van der Waals surface area contributed by atoms with E-state index in [9.17, 15) is 9.18 Å². The second-order valence-corrected chi connectivity index (χ2v) is 6.76. The van der Waals surface area contributed by atoms with E-state index in [1.165, 1.54) is 12.1 Å². The summed E-state index contributed by atoms with van der Waals surface area (Å²) in [7, 11) is 0. The van der Waals surface area contributed by atoms with E-state index in [-0.39, 0.29) is 18.5 Å². The standard InChI is InChI=1S/C22H17FN2O3/c23-16-8-6-15(7-9-16)21-24-18-4-2-1-3-17(18)22(26)25(21)12-14-5-10-19-20(11-14)28-13-27-19/h1-11,21,24H,12-13H2. The normalized spacial score (nSPS) is 17.2. The summed E-state index contributed by atoms with van der Waals surface area (Å²) in [5, 5.41) is 3.41. The Kier molecular flexibility index (Phi) is 3.90. The minimum absolute atomic E-state index is 0.0821. The number of hydrogen-bond donors (Lipinski definition) is 1. The molecule has 5 nitrogen and oxygen atoms in total. The molecule has 0 aliphatic carbocycles. The quantitative estimate of drug-likeness (QED) is 0.740. The van der Waals surface area contributed by atoms with Crippen molar-refractivity contribution in [1.82, 2.24) is 4.90 Å². The maximum absolute atomic E-state index is 13.4. The lowest BCUT2D eigenvalue weighted by Crippen LogP contribution is -2.42. The molecule has 0 radical (unpaired) electrons. The summed E-state index contributed by atoms with van der Waals surface area (Å²) in [6, 6.07) is 19.3. The molecule has 2 aliphatic rings.